The SMILES string of the molecule is N#CC1CCCCC1Nc1c(F)cccc1Cl. The van der Waals surface area contributed by atoms with E-state index in [1.807, 2.05) is 0 Å². The van der Waals surface area contributed by atoms with Gasteiger partial charge in [0.15, 0.2) is 0 Å². The number of nitrogens with zero attached hydrogens (tertiary/aromatic N) is 1. The van der Waals surface area contributed by atoms with E-state index in [1.165, 1.54) is 6.07 Å². The van der Waals surface area contributed by atoms with Gasteiger partial charge in [0.2, 0.25) is 0 Å². The molecule has 0 heterocycles. The average molecular weight is 253 g/mol. The van der Waals surface area contributed by atoms with Crippen molar-refractivity contribution < 1.29 is 4.39 Å². The molecule has 1 aliphatic rings. The molecule has 0 aromatic heterocycles. The van der Waals surface area contributed by atoms with Gasteiger partial charge in [0.25, 0.3) is 0 Å². The maximum Gasteiger partial charge on any atom is 0.147 e. The molecule has 1 fully saturated rings. The highest BCUT2D eigenvalue weighted by Gasteiger charge is 2.26. The zero-order chi connectivity index (χ0) is 12.3. The molecule has 0 amide bonds. The summed E-state index contributed by atoms with van der Waals surface area (Å²) in [5.41, 5.74) is 0.321. The second-order valence-corrected chi connectivity index (χ2v) is 4.77. The minimum absolute atomic E-state index is 0.00292. The molecule has 4 heteroatoms. The van der Waals surface area contributed by atoms with E-state index in [0.29, 0.717) is 10.7 Å². The number of anilines is 1. The van der Waals surface area contributed by atoms with E-state index in [0.717, 1.165) is 25.7 Å². The number of nitrogens with one attached hydrogen (secondary N) is 1. The van der Waals surface area contributed by atoms with Crippen molar-refractivity contribution in [1.82, 2.24) is 0 Å². The fraction of sp³-hybridized carbons (Fsp3) is 0.462. The predicted molar refractivity (Wildman–Crippen MR) is 66.4 cm³/mol. The van der Waals surface area contributed by atoms with Gasteiger partial charge >= 0.3 is 0 Å². The fourth-order valence-corrected chi connectivity index (χ4v) is 2.50. The van der Waals surface area contributed by atoms with Gasteiger partial charge in [-0.25, -0.2) is 4.39 Å². The average Bonchev–Trinajstić information content (AvgIpc) is 2.34. The molecule has 17 heavy (non-hydrogen) atoms. The molecule has 2 unspecified atom stereocenters. The smallest absolute Gasteiger partial charge is 0.147 e. The monoisotopic (exact) mass is 252 g/mol. The van der Waals surface area contributed by atoms with Crippen LogP contribution in [-0.2, 0) is 0 Å². The number of para-hydroxylation sites is 1. The lowest BCUT2D eigenvalue weighted by molar-refractivity contribution is 0.387. The maximum atomic E-state index is 13.6. The first-order chi connectivity index (χ1) is 8.22. The largest absolute Gasteiger partial charge is 0.377 e. The Hall–Kier alpha value is -1.27. The minimum atomic E-state index is -0.361. The Bertz CT molecular complexity index is 421. The van der Waals surface area contributed by atoms with Gasteiger partial charge in [-0.05, 0) is 25.0 Å². The molecule has 1 saturated carbocycles. The van der Waals surface area contributed by atoms with Crippen molar-refractivity contribution in [2.75, 3.05) is 5.32 Å². The van der Waals surface area contributed by atoms with E-state index in [1.54, 1.807) is 12.1 Å². The molecular weight excluding hydrogens is 239 g/mol. The van der Waals surface area contributed by atoms with Gasteiger partial charge in [-0.2, -0.15) is 5.26 Å². The van der Waals surface area contributed by atoms with Gasteiger partial charge in [-0.1, -0.05) is 30.5 Å². The molecule has 0 bridgehead atoms. The molecule has 1 aromatic carbocycles. The third kappa shape index (κ3) is 2.70. The van der Waals surface area contributed by atoms with Crippen LogP contribution in [0.1, 0.15) is 25.7 Å². The summed E-state index contributed by atoms with van der Waals surface area (Å²) in [6.07, 6.45) is 3.91. The first-order valence-corrected chi connectivity index (χ1v) is 6.20. The van der Waals surface area contributed by atoms with E-state index in [2.05, 4.69) is 11.4 Å². The standard InChI is InChI=1S/C13H14ClFN2/c14-10-5-3-6-11(15)13(10)17-12-7-2-1-4-9(12)8-16/h3,5-6,9,12,17H,1-2,4,7H2. The van der Waals surface area contributed by atoms with Crippen molar-refractivity contribution in [2.24, 2.45) is 5.92 Å². The summed E-state index contributed by atoms with van der Waals surface area (Å²) in [5, 5.41) is 12.5. The molecule has 0 radical (unpaired) electrons. The molecular formula is C13H14ClFN2. The van der Waals surface area contributed by atoms with Gasteiger partial charge in [-0.3, -0.25) is 0 Å². The van der Waals surface area contributed by atoms with E-state index < -0.39 is 0 Å². The molecule has 1 aliphatic carbocycles. The van der Waals surface area contributed by atoms with E-state index >= 15 is 0 Å². The first-order valence-electron chi connectivity index (χ1n) is 5.82. The van der Waals surface area contributed by atoms with Crippen LogP contribution in [0.15, 0.2) is 18.2 Å². The lowest BCUT2D eigenvalue weighted by Crippen LogP contribution is -2.31. The van der Waals surface area contributed by atoms with Crippen LogP contribution in [0.2, 0.25) is 5.02 Å². The summed E-state index contributed by atoms with van der Waals surface area (Å²) in [7, 11) is 0. The molecule has 1 aromatic rings. The quantitative estimate of drug-likeness (QED) is 0.864. The van der Waals surface area contributed by atoms with Crippen molar-refractivity contribution in [3.8, 4) is 6.07 Å². The Morgan fingerprint density at radius 1 is 1.35 bits per heavy atom. The summed E-state index contributed by atoms with van der Waals surface area (Å²) in [5.74, 6) is -0.417. The summed E-state index contributed by atoms with van der Waals surface area (Å²) < 4.78 is 13.6. The lowest BCUT2D eigenvalue weighted by atomic mass is 9.85. The van der Waals surface area contributed by atoms with Crippen molar-refractivity contribution in [3.05, 3.63) is 29.0 Å². The van der Waals surface area contributed by atoms with Gasteiger partial charge in [-0.15, -0.1) is 0 Å². The molecule has 2 atom stereocenters. The van der Waals surface area contributed by atoms with Crippen LogP contribution in [0.25, 0.3) is 0 Å². The zero-order valence-corrected chi connectivity index (χ0v) is 10.2. The van der Waals surface area contributed by atoms with Crippen LogP contribution in [0.4, 0.5) is 10.1 Å². The number of hydrogen-bond acceptors (Lipinski definition) is 2. The topological polar surface area (TPSA) is 35.8 Å². The third-order valence-corrected chi connectivity index (χ3v) is 3.54. The van der Waals surface area contributed by atoms with E-state index in [4.69, 9.17) is 16.9 Å². The second kappa shape index (κ2) is 5.37. The van der Waals surface area contributed by atoms with Crippen LogP contribution in [0, 0.1) is 23.1 Å². The predicted octanol–water partition coefficient (Wildman–Crippen LogP) is 3.97. The third-order valence-electron chi connectivity index (χ3n) is 3.22. The minimum Gasteiger partial charge on any atom is -0.377 e. The van der Waals surface area contributed by atoms with Gasteiger partial charge in [0.05, 0.1) is 22.7 Å². The van der Waals surface area contributed by atoms with Crippen LogP contribution in [0.3, 0.4) is 0 Å². The highest BCUT2D eigenvalue weighted by atomic mass is 35.5. The second-order valence-electron chi connectivity index (χ2n) is 4.37. The summed E-state index contributed by atoms with van der Waals surface area (Å²) in [6.45, 7) is 0. The lowest BCUT2D eigenvalue weighted by Gasteiger charge is -2.28. The van der Waals surface area contributed by atoms with Gasteiger partial charge < -0.3 is 5.32 Å². The van der Waals surface area contributed by atoms with Crippen molar-refractivity contribution in [3.63, 3.8) is 0 Å². The molecule has 0 spiro atoms. The highest BCUT2D eigenvalue weighted by Crippen LogP contribution is 2.31. The molecule has 90 valence electrons. The Morgan fingerprint density at radius 2 is 2.12 bits per heavy atom. The highest BCUT2D eigenvalue weighted by molar-refractivity contribution is 6.33. The number of rotatable bonds is 2. The number of halogens is 2. The van der Waals surface area contributed by atoms with Gasteiger partial charge in [0, 0.05) is 6.04 Å². The molecule has 2 rings (SSSR count). The number of nitriles is 1. The van der Waals surface area contributed by atoms with Crippen molar-refractivity contribution in [2.45, 2.75) is 31.7 Å². The first kappa shape index (κ1) is 12.2. The Morgan fingerprint density at radius 3 is 2.82 bits per heavy atom. The summed E-state index contributed by atoms with van der Waals surface area (Å²) >= 11 is 5.95. The maximum absolute atomic E-state index is 13.6. The molecule has 0 aliphatic heterocycles. The Kier molecular flexibility index (Phi) is 3.86. The Labute approximate surface area is 105 Å². The van der Waals surface area contributed by atoms with Crippen LogP contribution in [0.5, 0.6) is 0 Å². The van der Waals surface area contributed by atoms with Crippen LogP contribution >= 0.6 is 11.6 Å². The van der Waals surface area contributed by atoms with E-state index in [-0.39, 0.29) is 17.8 Å². The van der Waals surface area contributed by atoms with Gasteiger partial charge in [0.1, 0.15) is 5.82 Å². The fourth-order valence-electron chi connectivity index (χ4n) is 2.28. The number of benzene rings is 1. The number of hydrogen-bond donors (Lipinski definition) is 1. The normalized spacial score (nSPS) is 24.1. The molecule has 0 saturated heterocycles. The van der Waals surface area contributed by atoms with Crippen LogP contribution in [-0.4, -0.2) is 6.04 Å². The molecule has 1 N–H and O–H groups in total. The summed E-state index contributed by atoms with van der Waals surface area (Å²) in [4.78, 5) is 0. The van der Waals surface area contributed by atoms with E-state index in [9.17, 15) is 4.39 Å². The molecule has 2 nitrogen and oxygen atoms in total. The Balaban J connectivity index is 2.17. The van der Waals surface area contributed by atoms with Crippen LogP contribution < -0.4 is 5.32 Å². The summed E-state index contributed by atoms with van der Waals surface area (Å²) in [6, 6.07) is 6.89. The zero-order valence-electron chi connectivity index (χ0n) is 9.42. The van der Waals surface area contributed by atoms with Crippen molar-refractivity contribution >= 4 is 17.3 Å². The van der Waals surface area contributed by atoms with Crippen molar-refractivity contribution in [1.29, 1.82) is 5.26 Å².